The zero-order valence-electron chi connectivity index (χ0n) is 8.63. The van der Waals surface area contributed by atoms with Gasteiger partial charge in [0.2, 0.25) is 0 Å². The average Bonchev–Trinajstić information content (AvgIpc) is 2.70. The standard InChI is InChI=1S/C12H12Cl2O/c1-7-3-5-9(6-4-7)11-10(8(2)15)12(11,13)14/h3-6,10-11H,1-2H3. The van der Waals surface area contributed by atoms with Gasteiger partial charge in [0.15, 0.2) is 0 Å². The van der Waals surface area contributed by atoms with E-state index in [2.05, 4.69) is 0 Å². The van der Waals surface area contributed by atoms with Crippen molar-refractivity contribution in [3.63, 3.8) is 0 Å². The molecule has 0 aromatic heterocycles. The van der Waals surface area contributed by atoms with Crippen LogP contribution in [0.4, 0.5) is 0 Å². The van der Waals surface area contributed by atoms with Gasteiger partial charge in [-0.05, 0) is 19.4 Å². The number of alkyl halides is 2. The van der Waals surface area contributed by atoms with Crippen molar-refractivity contribution < 1.29 is 4.79 Å². The van der Waals surface area contributed by atoms with Crippen molar-refractivity contribution in [1.29, 1.82) is 0 Å². The molecular weight excluding hydrogens is 231 g/mol. The fraction of sp³-hybridized carbons (Fsp3) is 0.417. The summed E-state index contributed by atoms with van der Waals surface area (Å²) in [5.74, 6) is -0.229. The number of ketones is 1. The number of halogens is 2. The van der Waals surface area contributed by atoms with Crippen molar-refractivity contribution in [2.75, 3.05) is 0 Å². The minimum atomic E-state index is -0.902. The predicted octanol–water partition coefficient (Wildman–Crippen LogP) is 3.47. The molecule has 1 aromatic carbocycles. The van der Waals surface area contributed by atoms with Gasteiger partial charge in [-0.3, -0.25) is 4.79 Å². The predicted molar refractivity (Wildman–Crippen MR) is 62.5 cm³/mol. The SMILES string of the molecule is CC(=O)C1C(c2ccc(C)cc2)C1(Cl)Cl. The van der Waals surface area contributed by atoms with Gasteiger partial charge in [0, 0.05) is 5.92 Å². The lowest BCUT2D eigenvalue weighted by Crippen LogP contribution is -1.99. The maximum Gasteiger partial charge on any atom is 0.136 e. The van der Waals surface area contributed by atoms with Gasteiger partial charge in [0.1, 0.15) is 10.1 Å². The normalized spacial score (nSPS) is 27.5. The Hall–Kier alpha value is -0.530. The molecule has 0 bridgehead atoms. The molecule has 80 valence electrons. The minimum absolute atomic E-state index is 0.0427. The Bertz CT molecular complexity index is 395. The second-order valence-electron chi connectivity index (χ2n) is 4.15. The summed E-state index contributed by atoms with van der Waals surface area (Å²) in [6.45, 7) is 3.56. The van der Waals surface area contributed by atoms with Crippen LogP contribution in [-0.4, -0.2) is 10.1 Å². The number of Topliss-reactive ketones (excluding diaryl/α,β-unsaturated/α-hetero) is 1. The van der Waals surface area contributed by atoms with Crippen LogP contribution in [0.2, 0.25) is 0 Å². The molecule has 3 heteroatoms. The number of aryl methyl sites for hydroxylation is 1. The molecule has 0 radical (unpaired) electrons. The largest absolute Gasteiger partial charge is 0.300 e. The molecule has 2 rings (SSSR count). The number of rotatable bonds is 2. The molecular formula is C12H12Cl2O. The highest BCUT2D eigenvalue weighted by Gasteiger charge is 2.66. The summed E-state index contributed by atoms with van der Waals surface area (Å²) < 4.78 is -0.902. The van der Waals surface area contributed by atoms with Crippen LogP contribution in [0, 0.1) is 12.8 Å². The van der Waals surface area contributed by atoms with Crippen LogP contribution in [-0.2, 0) is 4.79 Å². The van der Waals surface area contributed by atoms with Crippen LogP contribution in [0.1, 0.15) is 24.0 Å². The Morgan fingerprint density at radius 1 is 1.27 bits per heavy atom. The zero-order valence-corrected chi connectivity index (χ0v) is 10.1. The van der Waals surface area contributed by atoms with Gasteiger partial charge in [-0.1, -0.05) is 29.8 Å². The Labute approximate surface area is 99.4 Å². The lowest BCUT2D eigenvalue weighted by Gasteiger charge is -2.00. The third kappa shape index (κ3) is 1.79. The zero-order chi connectivity index (χ0) is 11.2. The van der Waals surface area contributed by atoms with Crippen molar-refractivity contribution >= 4 is 29.0 Å². The third-order valence-corrected chi connectivity index (χ3v) is 3.87. The van der Waals surface area contributed by atoms with Crippen molar-refractivity contribution in [1.82, 2.24) is 0 Å². The summed E-state index contributed by atoms with van der Waals surface area (Å²) in [4.78, 5) is 11.3. The molecule has 2 atom stereocenters. The van der Waals surface area contributed by atoms with Gasteiger partial charge < -0.3 is 0 Å². The average molecular weight is 243 g/mol. The Kier molecular flexibility index (Phi) is 2.56. The summed E-state index contributed by atoms with van der Waals surface area (Å²) in [6, 6.07) is 7.99. The van der Waals surface area contributed by atoms with Gasteiger partial charge in [-0.2, -0.15) is 0 Å². The molecule has 1 nitrogen and oxygen atoms in total. The van der Waals surface area contributed by atoms with E-state index in [0.29, 0.717) is 0 Å². The quantitative estimate of drug-likeness (QED) is 0.727. The highest BCUT2D eigenvalue weighted by molar-refractivity contribution is 6.53. The molecule has 1 saturated carbocycles. The smallest absolute Gasteiger partial charge is 0.136 e. The number of benzene rings is 1. The number of hydrogen-bond acceptors (Lipinski definition) is 1. The number of carbonyl (C=O) groups is 1. The highest BCUT2D eigenvalue weighted by Crippen LogP contribution is 2.65. The first-order valence-corrected chi connectivity index (χ1v) is 5.65. The van der Waals surface area contributed by atoms with Crippen molar-refractivity contribution in [3.05, 3.63) is 35.4 Å². The molecule has 0 heterocycles. The van der Waals surface area contributed by atoms with Crippen LogP contribution in [0.25, 0.3) is 0 Å². The van der Waals surface area contributed by atoms with E-state index in [-0.39, 0.29) is 17.6 Å². The molecule has 1 aromatic rings. The minimum Gasteiger partial charge on any atom is -0.300 e. The van der Waals surface area contributed by atoms with E-state index in [1.807, 2.05) is 31.2 Å². The second kappa shape index (κ2) is 3.50. The number of carbonyl (C=O) groups excluding carboxylic acids is 1. The molecule has 1 aliphatic rings. The molecule has 1 aliphatic carbocycles. The van der Waals surface area contributed by atoms with Crippen molar-refractivity contribution in [3.8, 4) is 0 Å². The molecule has 0 saturated heterocycles. The van der Waals surface area contributed by atoms with E-state index in [9.17, 15) is 4.79 Å². The summed E-state index contributed by atoms with van der Waals surface area (Å²) in [5, 5.41) is 0. The molecule has 15 heavy (non-hydrogen) atoms. The van der Waals surface area contributed by atoms with Crippen LogP contribution in [0.15, 0.2) is 24.3 Å². The van der Waals surface area contributed by atoms with E-state index in [4.69, 9.17) is 23.2 Å². The fourth-order valence-corrected chi connectivity index (χ4v) is 2.96. The first-order chi connectivity index (χ1) is 6.94. The monoisotopic (exact) mass is 242 g/mol. The van der Waals surface area contributed by atoms with E-state index in [1.54, 1.807) is 6.92 Å². The fourth-order valence-electron chi connectivity index (χ4n) is 2.02. The molecule has 0 N–H and O–H groups in total. The van der Waals surface area contributed by atoms with E-state index in [1.165, 1.54) is 5.56 Å². The summed E-state index contributed by atoms with van der Waals surface area (Å²) in [7, 11) is 0. The van der Waals surface area contributed by atoms with Crippen LogP contribution in [0.3, 0.4) is 0 Å². The van der Waals surface area contributed by atoms with E-state index in [0.717, 1.165) is 5.56 Å². The van der Waals surface area contributed by atoms with Crippen molar-refractivity contribution in [2.24, 2.45) is 5.92 Å². The molecule has 0 spiro atoms. The first-order valence-electron chi connectivity index (χ1n) is 4.89. The summed E-state index contributed by atoms with van der Waals surface area (Å²) in [5.41, 5.74) is 2.24. The summed E-state index contributed by atoms with van der Waals surface area (Å²) in [6.07, 6.45) is 0. The lowest BCUT2D eigenvalue weighted by atomic mass is 10.1. The van der Waals surface area contributed by atoms with Crippen molar-refractivity contribution in [2.45, 2.75) is 24.1 Å². The molecule has 0 amide bonds. The van der Waals surface area contributed by atoms with E-state index < -0.39 is 4.33 Å². The highest BCUT2D eigenvalue weighted by atomic mass is 35.5. The maximum atomic E-state index is 11.3. The van der Waals surface area contributed by atoms with Gasteiger partial charge in [0.05, 0.1) is 5.92 Å². The Morgan fingerprint density at radius 3 is 2.20 bits per heavy atom. The van der Waals surface area contributed by atoms with Gasteiger partial charge in [0.25, 0.3) is 0 Å². The van der Waals surface area contributed by atoms with Gasteiger partial charge >= 0.3 is 0 Å². The Morgan fingerprint density at radius 2 is 1.80 bits per heavy atom. The van der Waals surface area contributed by atoms with Crippen LogP contribution >= 0.6 is 23.2 Å². The third-order valence-electron chi connectivity index (χ3n) is 2.93. The molecule has 0 aliphatic heterocycles. The Balaban J connectivity index is 2.27. The lowest BCUT2D eigenvalue weighted by molar-refractivity contribution is -0.118. The molecule has 2 unspecified atom stereocenters. The maximum absolute atomic E-state index is 11.3. The topological polar surface area (TPSA) is 17.1 Å². The number of hydrogen-bond donors (Lipinski definition) is 0. The summed E-state index contributed by atoms with van der Waals surface area (Å²) >= 11 is 12.2. The van der Waals surface area contributed by atoms with Gasteiger partial charge in [-0.25, -0.2) is 0 Å². The van der Waals surface area contributed by atoms with E-state index >= 15 is 0 Å². The molecule has 1 fully saturated rings. The van der Waals surface area contributed by atoms with Crippen LogP contribution < -0.4 is 0 Å². The van der Waals surface area contributed by atoms with Gasteiger partial charge in [-0.15, -0.1) is 23.2 Å². The van der Waals surface area contributed by atoms with Crippen LogP contribution in [0.5, 0.6) is 0 Å². The second-order valence-corrected chi connectivity index (χ2v) is 5.60. The first kappa shape index (κ1) is 11.0.